The molecule has 1 unspecified atom stereocenters. The van der Waals surface area contributed by atoms with Gasteiger partial charge in [0.2, 0.25) is 0 Å². The molecule has 0 amide bonds. The number of benzene rings is 1. The van der Waals surface area contributed by atoms with E-state index in [0.29, 0.717) is 23.4 Å². The fourth-order valence-electron chi connectivity index (χ4n) is 3.26. The van der Waals surface area contributed by atoms with Crippen molar-refractivity contribution in [1.82, 2.24) is 14.7 Å². The van der Waals surface area contributed by atoms with Crippen molar-refractivity contribution in [3.8, 4) is 0 Å². The number of ether oxygens (including phenoxy) is 2. The Kier molecular flexibility index (Phi) is 9.15. The zero-order valence-corrected chi connectivity index (χ0v) is 18.8. The number of allylic oxidation sites excluding steroid dienone is 3. The molecule has 3 rings (SSSR count). The molecule has 0 radical (unpaired) electrons. The summed E-state index contributed by atoms with van der Waals surface area (Å²) in [6, 6.07) is 10.2. The fraction of sp³-hybridized carbons (Fsp3) is 0.333. The van der Waals surface area contributed by atoms with Crippen molar-refractivity contribution in [1.29, 1.82) is 0 Å². The Balaban J connectivity index is 1.58. The van der Waals surface area contributed by atoms with Gasteiger partial charge in [-0.15, -0.1) is 0 Å². The summed E-state index contributed by atoms with van der Waals surface area (Å²) in [5.41, 5.74) is 3.67. The van der Waals surface area contributed by atoms with Crippen LogP contribution in [-0.4, -0.2) is 36.3 Å². The Labute approximate surface area is 189 Å². The highest BCUT2D eigenvalue weighted by Gasteiger charge is 2.13. The lowest BCUT2D eigenvalue weighted by atomic mass is 10.1. The van der Waals surface area contributed by atoms with E-state index < -0.39 is 0 Å². The second-order valence-corrected chi connectivity index (χ2v) is 8.05. The molecule has 164 valence electrons. The van der Waals surface area contributed by atoms with Gasteiger partial charge in [0.15, 0.2) is 0 Å². The summed E-state index contributed by atoms with van der Waals surface area (Å²) in [4.78, 5) is 8.69. The lowest BCUT2D eigenvalue weighted by molar-refractivity contribution is 0.0204. The molecular formula is C24H30N4O2S. The van der Waals surface area contributed by atoms with Gasteiger partial charge in [0.05, 0.1) is 18.9 Å². The molecule has 31 heavy (non-hydrogen) atoms. The number of aromatic nitrogens is 2. The minimum Gasteiger partial charge on any atom is -0.497 e. The van der Waals surface area contributed by atoms with Gasteiger partial charge >= 0.3 is 0 Å². The van der Waals surface area contributed by atoms with Crippen LogP contribution in [0.5, 0.6) is 0 Å². The summed E-state index contributed by atoms with van der Waals surface area (Å²) in [5, 5.41) is 3.36. The monoisotopic (exact) mass is 438 g/mol. The van der Waals surface area contributed by atoms with Crippen molar-refractivity contribution < 1.29 is 9.47 Å². The van der Waals surface area contributed by atoms with Gasteiger partial charge < -0.3 is 14.8 Å². The Morgan fingerprint density at radius 3 is 3.00 bits per heavy atom. The fourth-order valence-corrected chi connectivity index (χ4v) is 4.02. The van der Waals surface area contributed by atoms with Crippen LogP contribution in [0, 0.1) is 0 Å². The predicted octanol–water partition coefficient (Wildman–Crippen LogP) is 5.26. The molecule has 2 heterocycles. The molecule has 2 N–H and O–H groups in total. The van der Waals surface area contributed by atoms with E-state index in [0.717, 1.165) is 36.6 Å². The average molecular weight is 439 g/mol. The molecule has 0 saturated carbocycles. The van der Waals surface area contributed by atoms with E-state index in [1.165, 1.54) is 24.7 Å². The predicted molar refractivity (Wildman–Crippen MR) is 129 cm³/mol. The SMILES string of the molecule is C=C/C=C(\C(=C)OC)c1cc(Nc2cccc(CSNCC3CCCCO3)c2)ncn1. The highest BCUT2D eigenvalue weighted by molar-refractivity contribution is 7.96. The van der Waals surface area contributed by atoms with Crippen LogP contribution in [0.25, 0.3) is 5.57 Å². The molecule has 7 heteroatoms. The molecule has 2 aromatic rings. The third-order valence-electron chi connectivity index (χ3n) is 4.90. The molecule has 1 aromatic heterocycles. The van der Waals surface area contributed by atoms with Crippen molar-refractivity contribution >= 4 is 29.0 Å². The number of nitrogens with zero attached hydrogens (tertiary/aromatic N) is 2. The second kappa shape index (κ2) is 12.3. The van der Waals surface area contributed by atoms with E-state index >= 15 is 0 Å². The van der Waals surface area contributed by atoms with Gasteiger partial charge in [-0.25, -0.2) is 9.97 Å². The largest absolute Gasteiger partial charge is 0.497 e. The van der Waals surface area contributed by atoms with Gasteiger partial charge in [-0.1, -0.05) is 43.3 Å². The zero-order valence-electron chi connectivity index (χ0n) is 18.0. The van der Waals surface area contributed by atoms with Crippen LogP contribution in [-0.2, 0) is 15.2 Å². The van der Waals surface area contributed by atoms with E-state index in [1.807, 2.05) is 24.3 Å². The molecule has 0 spiro atoms. The number of hydrogen-bond acceptors (Lipinski definition) is 7. The number of nitrogens with one attached hydrogen (secondary N) is 2. The number of rotatable bonds is 11. The number of anilines is 2. The van der Waals surface area contributed by atoms with Crippen LogP contribution in [0.4, 0.5) is 11.5 Å². The lowest BCUT2D eigenvalue weighted by Crippen LogP contribution is -2.28. The van der Waals surface area contributed by atoms with Gasteiger partial charge in [0.25, 0.3) is 0 Å². The first-order valence-corrected chi connectivity index (χ1v) is 11.4. The average Bonchev–Trinajstić information content (AvgIpc) is 2.81. The summed E-state index contributed by atoms with van der Waals surface area (Å²) in [5.74, 6) is 2.09. The van der Waals surface area contributed by atoms with Crippen LogP contribution in [0.15, 0.2) is 67.7 Å². The highest BCUT2D eigenvalue weighted by atomic mass is 32.2. The second-order valence-electron chi connectivity index (χ2n) is 7.18. The molecule has 1 aromatic carbocycles. The quantitative estimate of drug-likeness (QED) is 0.215. The first kappa shape index (κ1) is 23.1. The van der Waals surface area contributed by atoms with E-state index in [4.69, 9.17) is 9.47 Å². The van der Waals surface area contributed by atoms with Crippen LogP contribution in [0.1, 0.15) is 30.5 Å². The van der Waals surface area contributed by atoms with Crippen molar-refractivity contribution in [2.45, 2.75) is 31.1 Å². The molecule has 0 bridgehead atoms. The Bertz CT molecular complexity index is 910. The molecule has 1 atom stereocenters. The van der Waals surface area contributed by atoms with Crippen molar-refractivity contribution in [2.75, 3.05) is 25.6 Å². The molecular weight excluding hydrogens is 408 g/mol. The van der Waals surface area contributed by atoms with Gasteiger partial charge in [0, 0.05) is 36.2 Å². The third kappa shape index (κ3) is 7.24. The normalized spacial score (nSPS) is 16.5. The standard InChI is InChI=1S/C24H30N4O2S/c1-4-8-22(18(2)29-3)23-14-24(26-17-25-23)28-20-10-7-9-19(13-20)16-31-27-15-21-11-5-6-12-30-21/h4,7-10,13-14,17,21,27H,1-2,5-6,11-12,15-16H2,3H3,(H,25,26,28)/b22-8+. The van der Waals surface area contributed by atoms with Crippen LogP contribution >= 0.6 is 11.9 Å². The topological polar surface area (TPSA) is 68.3 Å². The summed E-state index contributed by atoms with van der Waals surface area (Å²) < 4.78 is 14.5. The minimum absolute atomic E-state index is 0.343. The minimum atomic E-state index is 0.343. The maximum atomic E-state index is 5.76. The van der Waals surface area contributed by atoms with Crippen molar-refractivity contribution in [2.24, 2.45) is 0 Å². The van der Waals surface area contributed by atoms with E-state index in [-0.39, 0.29) is 0 Å². The summed E-state index contributed by atoms with van der Waals surface area (Å²) in [6.45, 7) is 9.45. The summed E-state index contributed by atoms with van der Waals surface area (Å²) >= 11 is 1.71. The van der Waals surface area contributed by atoms with Gasteiger partial charge in [0.1, 0.15) is 17.9 Å². The smallest absolute Gasteiger partial charge is 0.134 e. The summed E-state index contributed by atoms with van der Waals surface area (Å²) in [7, 11) is 1.58. The molecule has 1 aliphatic heterocycles. The molecule has 6 nitrogen and oxygen atoms in total. The maximum Gasteiger partial charge on any atom is 0.134 e. The van der Waals surface area contributed by atoms with Crippen LogP contribution in [0.3, 0.4) is 0 Å². The van der Waals surface area contributed by atoms with Gasteiger partial charge in [-0.3, -0.25) is 4.72 Å². The first-order valence-electron chi connectivity index (χ1n) is 10.4. The Morgan fingerprint density at radius 2 is 2.23 bits per heavy atom. The first-order chi connectivity index (χ1) is 15.2. The zero-order chi connectivity index (χ0) is 21.9. The van der Waals surface area contributed by atoms with Crippen LogP contribution in [0.2, 0.25) is 0 Å². The molecule has 1 saturated heterocycles. The molecule has 1 fully saturated rings. The van der Waals surface area contributed by atoms with E-state index in [2.05, 4.69) is 45.3 Å². The van der Waals surface area contributed by atoms with Crippen molar-refractivity contribution in [3.05, 3.63) is 79.0 Å². The molecule has 1 aliphatic rings. The Morgan fingerprint density at radius 1 is 1.32 bits per heavy atom. The van der Waals surface area contributed by atoms with Crippen LogP contribution < -0.4 is 10.0 Å². The third-order valence-corrected chi connectivity index (χ3v) is 5.75. The number of hydrogen-bond donors (Lipinski definition) is 2. The highest BCUT2D eigenvalue weighted by Crippen LogP contribution is 2.24. The molecule has 0 aliphatic carbocycles. The summed E-state index contributed by atoms with van der Waals surface area (Å²) in [6.07, 6.45) is 8.97. The number of methoxy groups -OCH3 is 1. The van der Waals surface area contributed by atoms with Gasteiger partial charge in [-0.05, 0) is 43.0 Å². The van der Waals surface area contributed by atoms with Crippen molar-refractivity contribution in [3.63, 3.8) is 0 Å². The Hall–Kier alpha value is -2.61. The van der Waals surface area contributed by atoms with Gasteiger partial charge in [-0.2, -0.15) is 0 Å². The lowest BCUT2D eigenvalue weighted by Gasteiger charge is -2.22. The van der Waals surface area contributed by atoms with E-state index in [1.54, 1.807) is 25.1 Å². The maximum absolute atomic E-state index is 5.76. The van der Waals surface area contributed by atoms with E-state index in [9.17, 15) is 0 Å².